The Hall–Kier alpha value is -1.67. The molecule has 1 heterocycles. The van der Waals surface area contributed by atoms with E-state index >= 15 is 0 Å². The third kappa shape index (κ3) is 3.51. The maximum atomic E-state index is 13.8. The molecule has 1 aliphatic heterocycles. The van der Waals surface area contributed by atoms with Crippen LogP contribution in [0, 0.1) is 11.7 Å². The molecule has 0 bridgehead atoms. The van der Waals surface area contributed by atoms with Crippen LogP contribution in [0.25, 0.3) is 0 Å². The lowest BCUT2D eigenvalue weighted by Crippen LogP contribution is -2.39. The molecular formula is C13H18FN3O3S. The first-order valence-electron chi connectivity index (χ1n) is 6.64. The minimum absolute atomic E-state index is 0.0882. The SMILES string of the molecule is NC(=O)CC1CCN(S(=O)(=O)c2ccc(N)cc2F)CC1. The molecule has 0 unspecified atom stereocenters. The van der Waals surface area contributed by atoms with Crippen molar-refractivity contribution in [2.24, 2.45) is 11.7 Å². The fourth-order valence-corrected chi connectivity index (χ4v) is 4.02. The van der Waals surface area contributed by atoms with E-state index < -0.39 is 15.8 Å². The van der Waals surface area contributed by atoms with Gasteiger partial charge in [-0.25, -0.2) is 12.8 Å². The number of primary amides is 1. The Kier molecular flexibility index (Phi) is 4.48. The number of rotatable bonds is 4. The highest BCUT2D eigenvalue weighted by atomic mass is 32.2. The lowest BCUT2D eigenvalue weighted by atomic mass is 9.94. The van der Waals surface area contributed by atoms with Crippen molar-refractivity contribution >= 4 is 21.6 Å². The summed E-state index contributed by atoms with van der Waals surface area (Å²) in [5.41, 5.74) is 10.7. The van der Waals surface area contributed by atoms with Crippen LogP contribution in [0.1, 0.15) is 19.3 Å². The number of hydrogen-bond donors (Lipinski definition) is 2. The largest absolute Gasteiger partial charge is 0.399 e. The molecule has 2 rings (SSSR count). The van der Waals surface area contributed by atoms with Crippen molar-refractivity contribution in [1.29, 1.82) is 0 Å². The van der Waals surface area contributed by atoms with Crippen LogP contribution in [-0.4, -0.2) is 31.7 Å². The molecule has 0 saturated carbocycles. The van der Waals surface area contributed by atoms with Gasteiger partial charge in [-0.1, -0.05) is 0 Å². The van der Waals surface area contributed by atoms with Gasteiger partial charge in [-0.3, -0.25) is 4.79 Å². The molecule has 0 radical (unpaired) electrons. The molecule has 1 aromatic carbocycles. The number of nitrogens with two attached hydrogens (primary N) is 2. The van der Waals surface area contributed by atoms with E-state index in [0.717, 1.165) is 6.07 Å². The average Bonchev–Trinajstić information content (AvgIpc) is 2.38. The molecule has 8 heteroatoms. The number of amides is 1. The van der Waals surface area contributed by atoms with Gasteiger partial charge < -0.3 is 11.5 Å². The number of carbonyl (C=O) groups is 1. The Labute approximate surface area is 123 Å². The predicted octanol–water partition coefficient (Wildman–Crippen LogP) is 0.684. The molecule has 4 N–H and O–H groups in total. The second kappa shape index (κ2) is 5.98. The molecule has 1 aromatic rings. The van der Waals surface area contributed by atoms with E-state index in [1.165, 1.54) is 16.4 Å². The smallest absolute Gasteiger partial charge is 0.245 e. The standard InChI is InChI=1S/C13H18FN3O3S/c14-11-8-10(15)1-2-12(11)21(19,20)17-5-3-9(4-6-17)7-13(16)18/h1-2,8-9H,3-7,15H2,(H2,16,18). The van der Waals surface area contributed by atoms with Gasteiger partial charge in [0.05, 0.1) is 0 Å². The minimum atomic E-state index is -3.87. The Morgan fingerprint density at radius 1 is 1.33 bits per heavy atom. The summed E-state index contributed by atoms with van der Waals surface area (Å²) < 4.78 is 39.8. The fraction of sp³-hybridized carbons (Fsp3) is 0.462. The van der Waals surface area contributed by atoms with Gasteiger partial charge in [-0.2, -0.15) is 4.31 Å². The highest BCUT2D eigenvalue weighted by molar-refractivity contribution is 7.89. The van der Waals surface area contributed by atoms with Crippen molar-refractivity contribution in [3.63, 3.8) is 0 Å². The summed E-state index contributed by atoms with van der Waals surface area (Å²) in [7, 11) is -3.87. The van der Waals surface area contributed by atoms with Gasteiger partial charge >= 0.3 is 0 Å². The molecular weight excluding hydrogens is 297 g/mol. The number of halogens is 1. The third-order valence-electron chi connectivity index (χ3n) is 3.64. The Morgan fingerprint density at radius 3 is 2.48 bits per heavy atom. The zero-order valence-corrected chi connectivity index (χ0v) is 12.3. The van der Waals surface area contributed by atoms with Crippen LogP contribution in [0.2, 0.25) is 0 Å². The maximum Gasteiger partial charge on any atom is 0.245 e. The highest BCUT2D eigenvalue weighted by Crippen LogP contribution is 2.27. The highest BCUT2D eigenvalue weighted by Gasteiger charge is 2.31. The van der Waals surface area contributed by atoms with E-state index in [4.69, 9.17) is 11.5 Å². The van der Waals surface area contributed by atoms with Gasteiger partial charge in [0.2, 0.25) is 15.9 Å². The summed E-state index contributed by atoms with van der Waals surface area (Å²) in [6.07, 6.45) is 1.33. The van der Waals surface area contributed by atoms with Crippen LogP contribution in [-0.2, 0) is 14.8 Å². The first-order valence-corrected chi connectivity index (χ1v) is 8.08. The van der Waals surface area contributed by atoms with Crippen LogP contribution in [0.3, 0.4) is 0 Å². The average molecular weight is 315 g/mol. The summed E-state index contributed by atoms with van der Waals surface area (Å²) in [6.45, 7) is 0.508. The molecule has 6 nitrogen and oxygen atoms in total. The summed E-state index contributed by atoms with van der Waals surface area (Å²) in [6, 6.07) is 3.53. The van der Waals surface area contributed by atoms with Gasteiger partial charge in [0.1, 0.15) is 10.7 Å². The lowest BCUT2D eigenvalue weighted by molar-refractivity contribution is -0.119. The molecule has 21 heavy (non-hydrogen) atoms. The van der Waals surface area contributed by atoms with Crippen molar-refractivity contribution < 1.29 is 17.6 Å². The molecule has 1 fully saturated rings. The zero-order chi connectivity index (χ0) is 15.6. The number of sulfonamides is 1. The summed E-state index contributed by atoms with van der Waals surface area (Å²) in [4.78, 5) is 10.5. The second-order valence-corrected chi connectivity index (χ2v) is 7.11. The van der Waals surface area contributed by atoms with Gasteiger partial charge in [0, 0.05) is 25.2 Å². The van der Waals surface area contributed by atoms with Crippen LogP contribution in [0.4, 0.5) is 10.1 Å². The number of benzene rings is 1. The van der Waals surface area contributed by atoms with E-state index in [-0.39, 0.29) is 41.9 Å². The number of hydrogen-bond acceptors (Lipinski definition) is 4. The number of nitrogen functional groups attached to an aromatic ring is 1. The molecule has 0 aromatic heterocycles. The van der Waals surface area contributed by atoms with Crippen LogP contribution < -0.4 is 11.5 Å². The molecule has 1 saturated heterocycles. The fourth-order valence-electron chi connectivity index (χ4n) is 2.50. The first-order chi connectivity index (χ1) is 9.80. The van der Waals surface area contributed by atoms with Gasteiger partial charge in [-0.05, 0) is 37.0 Å². The van der Waals surface area contributed by atoms with Crippen molar-refractivity contribution in [2.75, 3.05) is 18.8 Å². The van der Waals surface area contributed by atoms with Crippen molar-refractivity contribution in [2.45, 2.75) is 24.2 Å². The zero-order valence-electron chi connectivity index (χ0n) is 11.5. The second-order valence-electron chi connectivity index (χ2n) is 5.21. The van der Waals surface area contributed by atoms with Gasteiger partial charge in [0.25, 0.3) is 0 Å². The number of nitrogens with zero attached hydrogens (tertiary/aromatic N) is 1. The molecule has 0 spiro atoms. The molecule has 1 aliphatic rings. The lowest BCUT2D eigenvalue weighted by Gasteiger charge is -2.30. The number of anilines is 1. The van der Waals surface area contributed by atoms with Gasteiger partial charge in [0.15, 0.2) is 0 Å². The van der Waals surface area contributed by atoms with Crippen molar-refractivity contribution in [3.05, 3.63) is 24.0 Å². The van der Waals surface area contributed by atoms with Crippen LogP contribution in [0.5, 0.6) is 0 Å². The summed E-state index contributed by atoms with van der Waals surface area (Å²) in [5.74, 6) is -1.15. The number of carbonyl (C=O) groups excluding carboxylic acids is 1. The Bertz CT molecular complexity index is 640. The summed E-state index contributed by atoms with van der Waals surface area (Å²) >= 11 is 0. The first kappa shape index (κ1) is 15.7. The van der Waals surface area contributed by atoms with Crippen molar-refractivity contribution in [1.82, 2.24) is 4.31 Å². The van der Waals surface area contributed by atoms with Crippen LogP contribution in [0.15, 0.2) is 23.1 Å². The van der Waals surface area contributed by atoms with E-state index in [1.54, 1.807) is 0 Å². The normalized spacial score (nSPS) is 17.8. The quantitative estimate of drug-likeness (QED) is 0.797. The molecule has 1 amide bonds. The third-order valence-corrected chi connectivity index (χ3v) is 5.57. The maximum absolute atomic E-state index is 13.8. The molecule has 0 atom stereocenters. The topological polar surface area (TPSA) is 106 Å². The number of piperidine rings is 1. The minimum Gasteiger partial charge on any atom is -0.399 e. The molecule has 116 valence electrons. The van der Waals surface area contributed by atoms with E-state index in [2.05, 4.69) is 0 Å². The summed E-state index contributed by atoms with van der Waals surface area (Å²) in [5, 5.41) is 0. The van der Waals surface area contributed by atoms with E-state index in [1.807, 2.05) is 0 Å². The van der Waals surface area contributed by atoms with Crippen LogP contribution >= 0.6 is 0 Å². The van der Waals surface area contributed by atoms with E-state index in [0.29, 0.717) is 12.8 Å². The van der Waals surface area contributed by atoms with Crippen molar-refractivity contribution in [3.8, 4) is 0 Å². The predicted molar refractivity (Wildman–Crippen MR) is 76.1 cm³/mol. The molecule has 0 aliphatic carbocycles. The monoisotopic (exact) mass is 315 g/mol. The Balaban J connectivity index is 2.13. The van der Waals surface area contributed by atoms with E-state index in [9.17, 15) is 17.6 Å². The van der Waals surface area contributed by atoms with Gasteiger partial charge in [-0.15, -0.1) is 0 Å². The Morgan fingerprint density at radius 2 is 1.95 bits per heavy atom.